The Morgan fingerprint density at radius 2 is 2.05 bits per heavy atom. The second-order valence-electron chi connectivity index (χ2n) is 5.98. The second kappa shape index (κ2) is 6.59. The molecule has 1 amide bonds. The largest absolute Gasteiger partial charge is 0.478 e. The fraction of sp³-hybridized carbons (Fsp3) is 0.714. The fourth-order valence-electron chi connectivity index (χ4n) is 1.93. The van der Waals surface area contributed by atoms with Gasteiger partial charge in [0, 0.05) is 6.08 Å². The Kier molecular flexibility index (Phi) is 5.39. The molecular formula is C14H23NO4. The van der Waals surface area contributed by atoms with E-state index >= 15 is 0 Å². The van der Waals surface area contributed by atoms with Crippen LogP contribution in [-0.4, -0.2) is 28.8 Å². The smallest absolute Gasteiger partial charge is 0.408 e. The SMILES string of the molecule is CC(C)(C)OC(=O)N[C@H](/C=C/C(=O)O)CC1CCC1. The van der Waals surface area contributed by atoms with Gasteiger partial charge >= 0.3 is 12.1 Å². The van der Waals surface area contributed by atoms with Crippen LogP contribution in [-0.2, 0) is 9.53 Å². The van der Waals surface area contributed by atoms with E-state index in [0.717, 1.165) is 25.3 Å². The number of aliphatic carboxylic acids is 1. The zero-order chi connectivity index (χ0) is 14.5. The summed E-state index contributed by atoms with van der Waals surface area (Å²) in [5.41, 5.74) is -0.554. The van der Waals surface area contributed by atoms with E-state index in [0.29, 0.717) is 5.92 Å². The van der Waals surface area contributed by atoms with E-state index < -0.39 is 17.7 Å². The number of hydrogen-bond donors (Lipinski definition) is 2. The van der Waals surface area contributed by atoms with E-state index in [9.17, 15) is 9.59 Å². The van der Waals surface area contributed by atoms with Crippen molar-refractivity contribution in [3.63, 3.8) is 0 Å². The van der Waals surface area contributed by atoms with E-state index in [1.165, 1.54) is 12.5 Å². The fourth-order valence-corrected chi connectivity index (χ4v) is 1.93. The summed E-state index contributed by atoms with van der Waals surface area (Å²) in [6.07, 6.45) is 6.36. The van der Waals surface area contributed by atoms with Crippen molar-refractivity contribution in [2.75, 3.05) is 0 Å². The third-order valence-electron chi connectivity index (χ3n) is 2.99. The first-order chi connectivity index (χ1) is 8.76. The summed E-state index contributed by atoms with van der Waals surface area (Å²) >= 11 is 0. The maximum atomic E-state index is 11.7. The zero-order valence-corrected chi connectivity index (χ0v) is 11.8. The van der Waals surface area contributed by atoms with Gasteiger partial charge in [-0.3, -0.25) is 0 Å². The third kappa shape index (κ3) is 6.84. The lowest BCUT2D eigenvalue weighted by atomic mass is 9.81. The Balaban J connectivity index is 2.51. The Morgan fingerprint density at radius 3 is 2.47 bits per heavy atom. The van der Waals surface area contributed by atoms with Gasteiger partial charge in [-0.1, -0.05) is 25.3 Å². The number of carbonyl (C=O) groups excluding carboxylic acids is 1. The molecule has 19 heavy (non-hydrogen) atoms. The molecule has 108 valence electrons. The highest BCUT2D eigenvalue weighted by Crippen LogP contribution is 2.30. The van der Waals surface area contributed by atoms with Crippen LogP contribution in [0.5, 0.6) is 0 Å². The molecule has 0 aromatic rings. The highest BCUT2D eigenvalue weighted by molar-refractivity contribution is 5.80. The number of hydrogen-bond acceptors (Lipinski definition) is 3. The van der Waals surface area contributed by atoms with Crippen molar-refractivity contribution in [2.45, 2.75) is 58.1 Å². The highest BCUT2D eigenvalue weighted by Gasteiger charge is 2.24. The molecule has 0 radical (unpaired) electrons. The number of amides is 1. The van der Waals surface area contributed by atoms with Crippen LogP contribution in [0, 0.1) is 5.92 Å². The minimum Gasteiger partial charge on any atom is -0.478 e. The molecule has 0 saturated heterocycles. The Morgan fingerprint density at radius 1 is 1.42 bits per heavy atom. The molecule has 1 saturated carbocycles. The summed E-state index contributed by atoms with van der Waals surface area (Å²) in [6.45, 7) is 5.38. The molecule has 0 aromatic heterocycles. The zero-order valence-electron chi connectivity index (χ0n) is 11.8. The van der Waals surface area contributed by atoms with E-state index in [-0.39, 0.29) is 6.04 Å². The van der Waals surface area contributed by atoms with Crippen LogP contribution in [0.2, 0.25) is 0 Å². The summed E-state index contributed by atoms with van der Waals surface area (Å²) in [7, 11) is 0. The average Bonchev–Trinajstić information content (AvgIpc) is 2.16. The van der Waals surface area contributed by atoms with Crippen LogP contribution in [0.4, 0.5) is 4.79 Å². The molecule has 0 unspecified atom stereocenters. The summed E-state index contributed by atoms with van der Waals surface area (Å²) in [6, 6.07) is -0.281. The van der Waals surface area contributed by atoms with Crippen LogP contribution in [0.15, 0.2) is 12.2 Å². The summed E-state index contributed by atoms with van der Waals surface area (Å²) in [5.74, 6) is -0.442. The van der Waals surface area contributed by atoms with Gasteiger partial charge < -0.3 is 15.2 Å². The molecule has 0 spiro atoms. The minimum atomic E-state index is -1.01. The Labute approximate surface area is 114 Å². The lowest BCUT2D eigenvalue weighted by molar-refractivity contribution is -0.131. The molecule has 0 bridgehead atoms. The normalized spacial score (nSPS) is 17.8. The van der Waals surface area contributed by atoms with Crippen LogP contribution in [0.3, 0.4) is 0 Å². The van der Waals surface area contributed by atoms with Gasteiger partial charge in [0.25, 0.3) is 0 Å². The van der Waals surface area contributed by atoms with Crippen molar-refractivity contribution in [3.8, 4) is 0 Å². The van der Waals surface area contributed by atoms with Crippen molar-refractivity contribution in [1.82, 2.24) is 5.32 Å². The number of ether oxygens (including phenoxy) is 1. The van der Waals surface area contributed by atoms with Crippen molar-refractivity contribution in [3.05, 3.63) is 12.2 Å². The quantitative estimate of drug-likeness (QED) is 0.752. The van der Waals surface area contributed by atoms with Gasteiger partial charge in [0.15, 0.2) is 0 Å². The lowest BCUT2D eigenvalue weighted by Gasteiger charge is -2.29. The Bertz CT molecular complexity index is 353. The van der Waals surface area contributed by atoms with Gasteiger partial charge in [-0.2, -0.15) is 0 Å². The summed E-state index contributed by atoms with van der Waals surface area (Å²) in [4.78, 5) is 22.2. The lowest BCUT2D eigenvalue weighted by Crippen LogP contribution is -2.39. The van der Waals surface area contributed by atoms with Gasteiger partial charge in [0.2, 0.25) is 0 Å². The topological polar surface area (TPSA) is 75.6 Å². The molecule has 1 aliphatic rings. The minimum absolute atomic E-state index is 0.281. The molecule has 1 aliphatic carbocycles. The summed E-state index contributed by atoms with van der Waals surface area (Å²) in [5, 5.41) is 11.4. The third-order valence-corrected chi connectivity index (χ3v) is 2.99. The van der Waals surface area contributed by atoms with Crippen molar-refractivity contribution in [2.24, 2.45) is 5.92 Å². The molecule has 1 rings (SSSR count). The van der Waals surface area contributed by atoms with Crippen LogP contribution in [0.1, 0.15) is 46.5 Å². The van der Waals surface area contributed by atoms with Gasteiger partial charge in [-0.15, -0.1) is 0 Å². The summed E-state index contributed by atoms with van der Waals surface area (Å²) < 4.78 is 5.18. The maximum Gasteiger partial charge on any atom is 0.408 e. The molecule has 1 fully saturated rings. The maximum absolute atomic E-state index is 11.7. The van der Waals surface area contributed by atoms with Gasteiger partial charge in [0.1, 0.15) is 5.60 Å². The monoisotopic (exact) mass is 269 g/mol. The Hall–Kier alpha value is -1.52. The van der Waals surface area contributed by atoms with Crippen molar-refractivity contribution in [1.29, 1.82) is 0 Å². The van der Waals surface area contributed by atoms with Crippen LogP contribution < -0.4 is 5.32 Å². The molecule has 2 N–H and O–H groups in total. The highest BCUT2D eigenvalue weighted by atomic mass is 16.6. The molecule has 0 aromatic carbocycles. The van der Waals surface area contributed by atoms with Crippen molar-refractivity contribution < 1.29 is 19.4 Å². The molecule has 0 aliphatic heterocycles. The van der Waals surface area contributed by atoms with Crippen LogP contribution >= 0.6 is 0 Å². The predicted octanol–water partition coefficient (Wildman–Crippen LogP) is 2.71. The molecule has 0 heterocycles. The number of carboxylic acids is 1. The number of carboxylic acid groups (broad SMARTS) is 1. The predicted molar refractivity (Wildman–Crippen MR) is 71.9 cm³/mol. The van der Waals surface area contributed by atoms with Gasteiger partial charge in [-0.25, -0.2) is 9.59 Å². The van der Waals surface area contributed by atoms with Gasteiger partial charge in [0.05, 0.1) is 6.04 Å². The van der Waals surface area contributed by atoms with E-state index in [1.807, 2.05) is 0 Å². The molecule has 5 heteroatoms. The average molecular weight is 269 g/mol. The number of alkyl carbamates (subject to hydrolysis) is 1. The molecule has 5 nitrogen and oxygen atoms in total. The van der Waals surface area contributed by atoms with E-state index in [4.69, 9.17) is 9.84 Å². The second-order valence-corrected chi connectivity index (χ2v) is 5.98. The number of rotatable bonds is 5. The number of carbonyl (C=O) groups is 2. The molecule has 1 atom stereocenters. The van der Waals surface area contributed by atoms with Crippen LogP contribution in [0.25, 0.3) is 0 Å². The van der Waals surface area contributed by atoms with Gasteiger partial charge in [-0.05, 0) is 33.1 Å². The first kappa shape index (κ1) is 15.5. The van der Waals surface area contributed by atoms with E-state index in [1.54, 1.807) is 20.8 Å². The van der Waals surface area contributed by atoms with E-state index in [2.05, 4.69) is 5.32 Å². The standard InChI is InChI=1S/C14H23NO4/c1-14(2,3)19-13(18)15-11(7-8-12(16)17)9-10-5-4-6-10/h7-8,10-11H,4-6,9H2,1-3H3,(H,15,18)(H,16,17)/b8-7+/t11-/m1/s1. The first-order valence-electron chi connectivity index (χ1n) is 6.67. The molecular weight excluding hydrogens is 246 g/mol. The first-order valence-corrected chi connectivity index (χ1v) is 6.67. The number of nitrogens with one attached hydrogen (secondary N) is 1. The van der Waals surface area contributed by atoms with Crippen molar-refractivity contribution >= 4 is 12.1 Å².